The van der Waals surface area contributed by atoms with Crippen molar-refractivity contribution < 1.29 is 4.42 Å². The topological polar surface area (TPSA) is 51.0 Å². The fourth-order valence-electron chi connectivity index (χ4n) is 1.89. The first-order valence-electron chi connectivity index (χ1n) is 7.10. The normalized spacial score (nSPS) is 14.7. The maximum Gasteiger partial charge on any atom is 0.226 e. The Labute approximate surface area is 123 Å². The highest BCUT2D eigenvalue weighted by molar-refractivity contribution is 7.98. The van der Waals surface area contributed by atoms with Crippen molar-refractivity contribution in [1.82, 2.24) is 15.5 Å². The molecule has 0 bridgehead atoms. The van der Waals surface area contributed by atoms with Crippen molar-refractivity contribution in [2.24, 2.45) is 0 Å². The minimum Gasteiger partial charge on any atom is -0.424 e. The lowest BCUT2D eigenvalue weighted by Gasteiger charge is -2.04. The summed E-state index contributed by atoms with van der Waals surface area (Å²) < 4.78 is 5.50. The van der Waals surface area contributed by atoms with Gasteiger partial charge in [-0.1, -0.05) is 19.1 Å². The molecule has 5 heteroatoms. The Morgan fingerprint density at radius 3 is 2.60 bits per heavy atom. The monoisotopic (exact) mass is 289 g/mol. The fraction of sp³-hybridized carbons (Fsp3) is 0.467. The molecule has 0 atom stereocenters. The Balaban J connectivity index is 1.49. The summed E-state index contributed by atoms with van der Waals surface area (Å²) in [7, 11) is 0. The minimum atomic E-state index is 0.700. The van der Waals surface area contributed by atoms with Crippen LogP contribution < -0.4 is 5.32 Å². The lowest BCUT2D eigenvalue weighted by Crippen LogP contribution is -2.14. The first kappa shape index (κ1) is 13.6. The molecular weight excluding hydrogens is 270 g/mol. The first-order chi connectivity index (χ1) is 9.83. The van der Waals surface area contributed by atoms with Crippen LogP contribution in [0.1, 0.15) is 37.1 Å². The Morgan fingerprint density at radius 1 is 1.20 bits per heavy atom. The Bertz CT molecular complexity index is 549. The molecule has 0 aliphatic heterocycles. The van der Waals surface area contributed by atoms with Crippen LogP contribution in [0.5, 0.6) is 0 Å². The zero-order chi connectivity index (χ0) is 13.8. The van der Waals surface area contributed by atoms with E-state index in [9.17, 15) is 0 Å². The summed E-state index contributed by atoms with van der Waals surface area (Å²) in [6, 6.07) is 9.44. The van der Waals surface area contributed by atoms with Crippen LogP contribution in [0.2, 0.25) is 0 Å². The van der Waals surface area contributed by atoms with E-state index in [0.29, 0.717) is 11.8 Å². The molecule has 1 fully saturated rings. The summed E-state index contributed by atoms with van der Waals surface area (Å²) in [5.74, 6) is 2.14. The molecule has 0 amide bonds. The van der Waals surface area contributed by atoms with E-state index in [2.05, 4.69) is 39.8 Å². The Hall–Kier alpha value is -1.33. The van der Waals surface area contributed by atoms with E-state index in [1.807, 2.05) is 6.92 Å². The lowest BCUT2D eigenvalue weighted by molar-refractivity contribution is 0.470. The van der Waals surface area contributed by atoms with Gasteiger partial charge < -0.3 is 9.73 Å². The number of benzene rings is 1. The van der Waals surface area contributed by atoms with Gasteiger partial charge in [-0.3, -0.25) is 0 Å². The third kappa shape index (κ3) is 3.84. The van der Waals surface area contributed by atoms with Crippen molar-refractivity contribution in [2.75, 3.05) is 0 Å². The second-order valence-corrected chi connectivity index (χ2v) is 6.08. The summed E-state index contributed by atoms with van der Waals surface area (Å²) in [5, 5.41) is 11.5. The number of aromatic nitrogens is 2. The molecule has 1 aliphatic rings. The van der Waals surface area contributed by atoms with Crippen LogP contribution in [-0.4, -0.2) is 16.2 Å². The van der Waals surface area contributed by atoms with E-state index >= 15 is 0 Å². The second-order valence-electron chi connectivity index (χ2n) is 5.03. The van der Waals surface area contributed by atoms with Gasteiger partial charge in [0.1, 0.15) is 0 Å². The molecule has 1 saturated carbocycles. The van der Waals surface area contributed by atoms with Crippen molar-refractivity contribution in [3.05, 3.63) is 41.6 Å². The van der Waals surface area contributed by atoms with Gasteiger partial charge >= 0.3 is 0 Å². The number of hydrogen-bond donors (Lipinski definition) is 1. The molecule has 106 valence electrons. The van der Waals surface area contributed by atoms with Crippen LogP contribution in [0.25, 0.3) is 0 Å². The SMILES string of the molecule is CCc1nnc(CSc2ccc(CNC3CC3)cc2)o1. The minimum absolute atomic E-state index is 0.700. The van der Waals surface area contributed by atoms with Gasteiger partial charge in [0.2, 0.25) is 11.8 Å². The molecule has 0 unspecified atom stereocenters. The molecule has 1 heterocycles. The molecule has 3 rings (SSSR count). The number of rotatable bonds is 7. The highest BCUT2D eigenvalue weighted by Gasteiger charge is 2.19. The van der Waals surface area contributed by atoms with Gasteiger partial charge in [-0.15, -0.1) is 22.0 Å². The summed E-state index contributed by atoms with van der Waals surface area (Å²) in [6.07, 6.45) is 3.45. The van der Waals surface area contributed by atoms with Gasteiger partial charge in [-0.25, -0.2) is 0 Å². The lowest BCUT2D eigenvalue weighted by atomic mass is 10.2. The molecule has 1 aliphatic carbocycles. The van der Waals surface area contributed by atoms with Gasteiger partial charge in [0.15, 0.2) is 0 Å². The number of thioether (sulfide) groups is 1. The van der Waals surface area contributed by atoms with Gasteiger partial charge in [0.25, 0.3) is 0 Å². The molecule has 2 aromatic rings. The molecule has 0 spiro atoms. The van der Waals surface area contributed by atoms with E-state index in [1.165, 1.54) is 23.3 Å². The van der Waals surface area contributed by atoms with Gasteiger partial charge in [0, 0.05) is 23.9 Å². The average molecular weight is 289 g/mol. The Morgan fingerprint density at radius 2 is 1.95 bits per heavy atom. The molecule has 0 saturated heterocycles. The molecule has 1 aromatic heterocycles. The highest BCUT2D eigenvalue weighted by atomic mass is 32.2. The van der Waals surface area contributed by atoms with Crippen LogP contribution >= 0.6 is 11.8 Å². The van der Waals surface area contributed by atoms with Crippen LogP contribution in [0.3, 0.4) is 0 Å². The van der Waals surface area contributed by atoms with Crippen LogP contribution in [0.4, 0.5) is 0 Å². The summed E-state index contributed by atoms with van der Waals surface area (Å²) in [4.78, 5) is 1.23. The smallest absolute Gasteiger partial charge is 0.226 e. The predicted octanol–water partition coefficient (Wildman–Crippen LogP) is 3.18. The maximum absolute atomic E-state index is 5.50. The molecule has 1 N–H and O–H groups in total. The van der Waals surface area contributed by atoms with Crippen LogP contribution in [0.15, 0.2) is 33.6 Å². The standard InChI is InChI=1S/C15H19N3OS/c1-2-14-17-18-15(19-14)10-20-13-7-3-11(4-8-13)9-16-12-5-6-12/h3-4,7-8,12,16H,2,5-6,9-10H2,1H3. The van der Waals surface area contributed by atoms with E-state index in [4.69, 9.17) is 4.42 Å². The number of nitrogens with one attached hydrogen (secondary N) is 1. The number of nitrogens with zero attached hydrogens (tertiary/aromatic N) is 2. The number of aryl methyl sites for hydroxylation is 1. The van der Waals surface area contributed by atoms with Crippen LogP contribution in [0, 0.1) is 0 Å². The maximum atomic E-state index is 5.50. The van der Waals surface area contributed by atoms with E-state index < -0.39 is 0 Å². The third-order valence-corrected chi connectivity index (χ3v) is 4.27. The van der Waals surface area contributed by atoms with E-state index in [0.717, 1.165) is 24.8 Å². The van der Waals surface area contributed by atoms with Crippen molar-refractivity contribution in [3.63, 3.8) is 0 Å². The van der Waals surface area contributed by atoms with Crippen molar-refractivity contribution in [2.45, 2.75) is 49.4 Å². The third-order valence-electron chi connectivity index (χ3n) is 3.27. The highest BCUT2D eigenvalue weighted by Crippen LogP contribution is 2.23. The van der Waals surface area contributed by atoms with Crippen LogP contribution in [-0.2, 0) is 18.7 Å². The summed E-state index contributed by atoms with van der Waals surface area (Å²) in [5.41, 5.74) is 1.34. The van der Waals surface area contributed by atoms with Gasteiger partial charge in [0.05, 0.1) is 5.75 Å². The molecule has 20 heavy (non-hydrogen) atoms. The Kier molecular flexibility index (Phi) is 4.38. The van der Waals surface area contributed by atoms with E-state index in [1.54, 1.807) is 11.8 Å². The quantitative estimate of drug-likeness (QED) is 0.793. The van der Waals surface area contributed by atoms with Gasteiger partial charge in [-0.2, -0.15) is 0 Å². The molecule has 0 radical (unpaired) electrons. The van der Waals surface area contributed by atoms with Crippen molar-refractivity contribution in [3.8, 4) is 0 Å². The van der Waals surface area contributed by atoms with Gasteiger partial charge in [-0.05, 0) is 30.5 Å². The zero-order valence-corrected chi connectivity index (χ0v) is 12.4. The molecule has 4 nitrogen and oxygen atoms in total. The number of hydrogen-bond acceptors (Lipinski definition) is 5. The molecule has 1 aromatic carbocycles. The largest absolute Gasteiger partial charge is 0.424 e. The second kappa shape index (κ2) is 6.41. The average Bonchev–Trinajstić information content (AvgIpc) is 3.21. The van der Waals surface area contributed by atoms with Crippen molar-refractivity contribution in [1.29, 1.82) is 0 Å². The first-order valence-corrected chi connectivity index (χ1v) is 8.08. The fourth-order valence-corrected chi connectivity index (χ4v) is 2.62. The predicted molar refractivity (Wildman–Crippen MR) is 79.5 cm³/mol. The summed E-state index contributed by atoms with van der Waals surface area (Å²) in [6.45, 7) is 2.98. The molecular formula is C15H19N3OS. The van der Waals surface area contributed by atoms with E-state index in [-0.39, 0.29) is 0 Å². The summed E-state index contributed by atoms with van der Waals surface area (Å²) >= 11 is 1.73. The van der Waals surface area contributed by atoms with Crippen molar-refractivity contribution >= 4 is 11.8 Å². The zero-order valence-electron chi connectivity index (χ0n) is 11.6.